The van der Waals surface area contributed by atoms with E-state index in [0.29, 0.717) is 13.1 Å². The van der Waals surface area contributed by atoms with Crippen LogP contribution in [0.3, 0.4) is 0 Å². The molecule has 2 heterocycles. The first-order valence-corrected chi connectivity index (χ1v) is 5.74. The van der Waals surface area contributed by atoms with Crippen molar-refractivity contribution in [3.63, 3.8) is 0 Å². The Hall–Kier alpha value is -2.21. The molecule has 0 aliphatic carbocycles. The molecule has 6 heteroatoms. The van der Waals surface area contributed by atoms with E-state index in [1.165, 1.54) is 0 Å². The Bertz CT molecular complexity index is 499. The van der Waals surface area contributed by atoms with Crippen LogP contribution in [0.5, 0.6) is 0 Å². The second-order valence-corrected chi connectivity index (χ2v) is 3.86. The molecule has 0 saturated heterocycles. The smallest absolute Gasteiger partial charge is 0.221 e. The number of hydrogen-bond donors (Lipinski definition) is 3. The van der Waals surface area contributed by atoms with Crippen LogP contribution < -0.4 is 16.8 Å². The summed E-state index contributed by atoms with van der Waals surface area (Å²) >= 11 is 0. The van der Waals surface area contributed by atoms with Gasteiger partial charge in [-0.25, -0.2) is 4.98 Å². The average Bonchev–Trinajstić information content (AvgIpc) is 2.40. The van der Waals surface area contributed by atoms with Gasteiger partial charge < -0.3 is 16.8 Å². The molecule has 0 saturated carbocycles. The van der Waals surface area contributed by atoms with Crippen molar-refractivity contribution in [2.75, 3.05) is 17.6 Å². The lowest BCUT2D eigenvalue weighted by molar-refractivity contribution is 0.936. The molecule has 5 N–H and O–H groups in total. The molecule has 0 aliphatic heterocycles. The maximum Gasteiger partial charge on any atom is 0.221 e. The van der Waals surface area contributed by atoms with E-state index in [4.69, 9.17) is 11.5 Å². The van der Waals surface area contributed by atoms with E-state index in [1.54, 1.807) is 18.6 Å². The summed E-state index contributed by atoms with van der Waals surface area (Å²) in [6.45, 7) is 1.19. The summed E-state index contributed by atoms with van der Waals surface area (Å²) in [6, 6.07) is 3.89. The monoisotopic (exact) mass is 244 g/mol. The highest BCUT2D eigenvalue weighted by Crippen LogP contribution is 2.14. The summed E-state index contributed by atoms with van der Waals surface area (Å²) in [7, 11) is 0. The largest absolute Gasteiger partial charge is 0.368 e. The molecular formula is C12H16N6. The highest BCUT2D eigenvalue weighted by atomic mass is 15.1. The maximum absolute atomic E-state index is 5.59. The fourth-order valence-electron chi connectivity index (χ4n) is 1.60. The number of hydrogen-bond acceptors (Lipinski definition) is 6. The Labute approximate surface area is 105 Å². The highest BCUT2D eigenvalue weighted by molar-refractivity contribution is 5.46. The second-order valence-electron chi connectivity index (χ2n) is 3.86. The van der Waals surface area contributed by atoms with Crippen LogP contribution in [0.2, 0.25) is 0 Å². The molecule has 0 amide bonds. The van der Waals surface area contributed by atoms with Gasteiger partial charge in [0.25, 0.3) is 0 Å². The molecule has 6 nitrogen and oxygen atoms in total. The van der Waals surface area contributed by atoms with Gasteiger partial charge in [-0.1, -0.05) is 6.07 Å². The molecule has 0 aliphatic rings. The molecular weight excluding hydrogens is 228 g/mol. The number of nitrogens with two attached hydrogens (primary N) is 2. The Kier molecular flexibility index (Phi) is 4.03. The topological polar surface area (TPSA) is 103 Å². The van der Waals surface area contributed by atoms with Crippen LogP contribution in [-0.2, 0) is 13.0 Å². The number of nitrogens with one attached hydrogen (secondary N) is 1. The van der Waals surface area contributed by atoms with E-state index < -0.39 is 0 Å². The molecule has 94 valence electrons. The standard InChI is InChI=1S/C12H16N6/c13-4-3-10-8-17-12(14)18-11(10)16-7-9-2-1-5-15-6-9/h1-2,5-6,8H,3-4,7,13H2,(H3,14,16,17,18). The zero-order chi connectivity index (χ0) is 12.8. The average molecular weight is 244 g/mol. The van der Waals surface area contributed by atoms with Gasteiger partial charge >= 0.3 is 0 Å². The maximum atomic E-state index is 5.59. The van der Waals surface area contributed by atoms with Crippen molar-refractivity contribution in [1.82, 2.24) is 15.0 Å². The van der Waals surface area contributed by atoms with E-state index in [9.17, 15) is 0 Å². The fourth-order valence-corrected chi connectivity index (χ4v) is 1.60. The molecule has 18 heavy (non-hydrogen) atoms. The first-order valence-electron chi connectivity index (χ1n) is 5.74. The van der Waals surface area contributed by atoms with Crippen molar-refractivity contribution in [2.45, 2.75) is 13.0 Å². The van der Waals surface area contributed by atoms with Gasteiger partial charge in [0.1, 0.15) is 5.82 Å². The number of nitrogens with zero attached hydrogens (tertiary/aromatic N) is 3. The lowest BCUT2D eigenvalue weighted by Crippen LogP contribution is -2.11. The Morgan fingerprint density at radius 3 is 2.89 bits per heavy atom. The Morgan fingerprint density at radius 2 is 2.17 bits per heavy atom. The second kappa shape index (κ2) is 5.92. The number of nitrogen functional groups attached to an aromatic ring is 1. The SMILES string of the molecule is NCCc1cnc(N)nc1NCc1cccnc1. The van der Waals surface area contributed by atoms with E-state index >= 15 is 0 Å². The molecule has 0 atom stereocenters. The van der Waals surface area contributed by atoms with Crippen LogP contribution in [-0.4, -0.2) is 21.5 Å². The summed E-state index contributed by atoms with van der Waals surface area (Å²) in [6.07, 6.45) is 5.97. The van der Waals surface area contributed by atoms with E-state index in [-0.39, 0.29) is 5.95 Å². The molecule has 0 unspecified atom stereocenters. The molecule has 2 aromatic heterocycles. The van der Waals surface area contributed by atoms with Gasteiger partial charge in [0.2, 0.25) is 5.95 Å². The summed E-state index contributed by atoms with van der Waals surface area (Å²) in [5, 5.41) is 3.23. The lowest BCUT2D eigenvalue weighted by atomic mass is 10.2. The zero-order valence-corrected chi connectivity index (χ0v) is 10.0. The lowest BCUT2D eigenvalue weighted by Gasteiger charge is -2.10. The third-order valence-corrected chi connectivity index (χ3v) is 2.48. The zero-order valence-electron chi connectivity index (χ0n) is 10.0. The number of aromatic nitrogens is 3. The third kappa shape index (κ3) is 3.14. The van der Waals surface area contributed by atoms with Gasteiger partial charge in [0.15, 0.2) is 0 Å². The van der Waals surface area contributed by atoms with Crippen molar-refractivity contribution in [3.8, 4) is 0 Å². The first-order chi connectivity index (χ1) is 8.79. The number of rotatable bonds is 5. The van der Waals surface area contributed by atoms with E-state index in [1.807, 2.05) is 12.1 Å². The van der Waals surface area contributed by atoms with Crippen molar-refractivity contribution in [2.24, 2.45) is 5.73 Å². The minimum absolute atomic E-state index is 0.254. The van der Waals surface area contributed by atoms with Gasteiger partial charge in [-0.15, -0.1) is 0 Å². The van der Waals surface area contributed by atoms with Gasteiger partial charge in [-0.05, 0) is 24.6 Å². The molecule has 2 aromatic rings. The Balaban J connectivity index is 2.10. The van der Waals surface area contributed by atoms with Gasteiger partial charge in [-0.2, -0.15) is 4.98 Å². The van der Waals surface area contributed by atoms with Gasteiger partial charge in [0.05, 0.1) is 0 Å². The first kappa shape index (κ1) is 12.3. The van der Waals surface area contributed by atoms with Crippen molar-refractivity contribution in [1.29, 1.82) is 0 Å². The predicted octanol–water partition coefficient (Wildman–Crippen LogP) is 0.567. The van der Waals surface area contributed by atoms with Gasteiger partial charge in [0, 0.05) is 30.7 Å². The van der Waals surface area contributed by atoms with E-state index in [0.717, 1.165) is 23.4 Å². The molecule has 0 aromatic carbocycles. The minimum Gasteiger partial charge on any atom is -0.368 e. The summed E-state index contributed by atoms with van der Waals surface area (Å²) < 4.78 is 0. The molecule has 0 bridgehead atoms. The van der Waals surface area contributed by atoms with Crippen molar-refractivity contribution in [3.05, 3.63) is 41.9 Å². The Morgan fingerprint density at radius 1 is 1.28 bits per heavy atom. The highest BCUT2D eigenvalue weighted by Gasteiger charge is 2.05. The minimum atomic E-state index is 0.254. The van der Waals surface area contributed by atoms with Crippen LogP contribution in [0.4, 0.5) is 11.8 Å². The van der Waals surface area contributed by atoms with Crippen LogP contribution in [0, 0.1) is 0 Å². The summed E-state index contributed by atoms with van der Waals surface area (Å²) in [4.78, 5) is 12.2. The van der Waals surface area contributed by atoms with Crippen molar-refractivity contribution < 1.29 is 0 Å². The molecule has 0 radical (unpaired) electrons. The number of anilines is 2. The predicted molar refractivity (Wildman–Crippen MR) is 70.8 cm³/mol. The van der Waals surface area contributed by atoms with Crippen molar-refractivity contribution >= 4 is 11.8 Å². The van der Waals surface area contributed by atoms with Crippen LogP contribution in [0.15, 0.2) is 30.7 Å². The fraction of sp³-hybridized carbons (Fsp3) is 0.250. The van der Waals surface area contributed by atoms with Crippen LogP contribution in [0.1, 0.15) is 11.1 Å². The summed E-state index contributed by atoms with van der Waals surface area (Å²) in [5.74, 6) is 0.987. The van der Waals surface area contributed by atoms with Crippen LogP contribution >= 0.6 is 0 Å². The molecule has 2 rings (SSSR count). The van der Waals surface area contributed by atoms with Crippen LogP contribution in [0.25, 0.3) is 0 Å². The normalized spacial score (nSPS) is 10.3. The van der Waals surface area contributed by atoms with E-state index in [2.05, 4.69) is 20.3 Å². The quantitative estimate of drug-likeness (QED) is 0.710. The molecule has 0 fully saturated rings. The van der Waals surface area contributed by atoms with Gasteiger partial charge in [-0.3, -0.25) is 4.98 Å². The third-order valence-electron chi connectivity index (χ3n) is 2.48. The number of pyridine rings is 1. The summed E-state index contributed by atoms with van der Waals surface area (Å²) in [5.41, 5.74) is 13.2. The molecule has 0 spiro atoms.